The summed E-state index contributed by atoms with van der Waals surface area (Å²) in [6.45, 7) is 5.85. The SMILES string of the molecule is C=C(Cl)CNC(=O)c1sccc1CC. The highest BCUT2D eigenvalue weighted by Gasteiger charge is 2.10. The van der Waals surface area contributed by atoms with Crippen molar-refractivity contribution >= 4 is 28.8 Å². The van der Waals surface area contributed by atoms with Gasteiger partial charge >= 0.3 is 0 Å². The number of hydrogen-bond acceptors (Lipinski definition) is 2. The molecule has 0 aliphatic rings. The third-order valence-corrected chi connectivity index (χ3v) is 2.86. The third-order valence-electron chi connectivity index (χ3n) is 1.77. The maximum Gasteiger partial charge on any atom is 0.261 e. The Bertz CT molecular complexity index is 346. The molecule has 1 rings (SSSR count). The molecule has 0 bridgehead atoms. The molecular formula is C10H12ClNOS. The molecule has 0 aromatic carbocycles. The van der Waals surface area contributed by atoms with E-state index in [0.717, 1.165) is 16.9 Å². The van der Waals surface area contributed by atoms with Gasteiger partial charge in [0.05, 0.1) is 11.4 Å². The van der Waals surface area contributed by atoms with Crippen molar-refractivity contribution in [2.45, 2.75) is 13.3 Å². The van der Waals surface area contributed by atoms with Gasteiger partial charge in [0.25, 0.3) is 5.91 Å². The van der Waals surface area contributed by atoms with Crippen LogP contribution in [0.1, 0.15) is 22.2 Å². The summed E-state index contributed by atoms with van der Waals surface area (Å²) in [5, 5.41) is 5.06. The van der Waals surface area contributed by atoms with Crippen molar-refractivity contribution in [3.63, 3.8) is 0 Å². The van der Waals surface area contributed by atoms with Crippen molar-refractivity contribution < 1.29 is 4.79 Å². The fourth-order valence-electron chi connectivity index (χ4n) is 1.07. The Kier molecular flexibility index (Phi) is 4.17. The first-order valence-corrected chi connectivity index (χ1v) is 5.58. The van der Waals surface area contributed by atoms with Crippen LogP contribution in [0.5, 0.6) is 0 Å². The van der Waals surface area contributed by atoms with Gasteiger partial charge < -0.3 is 5.32 Å². The number of hydrogen-bond donors (Lipinski definition) is 1. The van der Waals surface area contributed by atoms with Crippen LogP contribution < -0.4 is 5.32 Å². The van der Waals surface area contributed by atoms with E-state index >= 15 is 0 Å². The molecule has 0 radical (unpaired) electrons. The maximum absolute atomic E-state index is 11.6. The molecule has 4 heteroatoms. The second kappa shape index (κ2) is 5.17. The molecule has 1 aromatic heterocycles. The molecule has 0 saturated heterocycles. The van der Waals surface area contributed by atoms with Crippen molar-refractivity contribution in [2.75, 3.05) is 6.54 Å². The van der Waals surface area contributed by atoms with Crippen LogP contribution in [0.3, 0.4) is 0 Å². The fourth-order valence-corrected chi connectivity index (χ4v) is 2.05. The van der Waals surface area contributed by atoms with Crippen LogP contribution in [0.25, 0.3) is 0 Å². The first kappa shape index (κ1) is 11.3. The van der Waals surface area contributed by atoms with Gasteiger partial charge in [0.1, 0.15) is 0 Å². The molecule has 0 aliphatic heterocycles. The van der Waals surface area contributed by atoms with Gasteiger partial charge in [0.15, 0.2) is 0 Å². The zero-order chi connectivity index (χ0) is 10.6. The number of amides is 1. The summed E-state index contributed by atoms with van der Waals surface area (Å²) < 4.78 is 0. The monoisotopic (exact) mass is 229 g/mol. The third kappa shape index (κ3) is 2.86. The molecule has 76 valence electrons. The molecule has 0 aliphatic carbocycles. The Labute approximate surface area is 92.6 Å². The molecule has 0 saturated carbocycles. The highest BCUT2D eigenvalue weighted by molar-refractivity contribution is 7.12. The summed E-state index contributed by atoms with van der Waals surface area (Å²) in [7, 11) is 0. The van der Waals surface area contributed by atoms with E-state index in [0.29, 0.717) is 11.6 Å². The molecule has 1 heterocycles. The van der Waals surface area contributed by atoms with Gasteiger partial charge in [-0.3, -0.25) is 4.79 Å². The number of nitrogens with one attached hydrogen (secondary N) is 1. The van der Waals surface area contributed by atoms with Crippen LogP contribution >= 0.6 is 22.9 Å². The molecule has 1 N–H and O–H groups in total. The van der Waals surface area contributed by atoms with E-state index in [1.807, 2.05) is 18.4 Å². The normalized spacial score (nSPS) is 9.86. The summed E-state index contributed by atoms with van der Waals surface area (Å²) in [6, 6.07) is 1.97. The highest BCUT2D eigenvalue weighted by atomic mass is 35.5. The summed E-state index contributed by atoms with van der Waals surface area (Å²) in [5.74, 6) is -0.0707. The van der Waals surface area contributed by atoms with E-state index < -0.39 is 0 Å². The van der Waals surface area contributed by atoms with Crippen LogP contribution in [0.2, 0.25) is 0 Å². The van der Waals surface area contributed by atoms with Crippen LogP contribution in [0.15, 0.2) is 23.1 Å². The molecule has 14 heavy (non-hydrogen) atoms. The Balaban J connectivity index is 2.64. The van der Waals surface area contributed by atoms with E-state index in [1.165, 1.54) is 11.3 Å². The largest absolute Gasteiger partial charge is 0.346 e. The second-order valence-corrected chi connectivity index (χ2v) is 4.28. The zero-order valence-electron chi connectivity index (χ0n) is 7.97. The lowest BCUT2D eigenvalue weighted by Gasteiger charge is -2.03. The summed E-state index contributed by atoms with van der Waals surface area (Å²) >= 11 is 7.00. The number of carbonyl (C=O) groups is 1. The predicted molar refractivity (Wildman–Crippen MR) is 61.0 cm³/mol. The standard InChI is InChI=1S/C10H12ClNOS/c1-3-8-4-5-14-9(8)10(13)12-6-7(2)11/h4-5H,2-3,6H2,1H3,(H,12,13). The number of carbonyl (C=O) groups excluding carboxylic acids is 1. The van der Waals surface area contributed by atoms with E-state index in [9.17, 15) is 4.79 Å². The van der Waals surface area contributed by atoms with Gasteiger partial charge in [0.2, 0.25) is 0 Å². The maximum atomic E-state index is 11.6. The van der Waals surface area contributed by atoms with Gasteiger partial charge in [-0.15, -0.1) is 11.3 Å². The van der Waals surface area contributed by atoms with Gasteiger partial charge in [-0.1, -0.05) is 25.1 Å². The molecule has 0 spiro atoms. The van der Waals surface area contributed by atoms with Crippen LogP contribution in [-0.2, 0) is 6.42 Å². The van der Waals surface area contributed by atoms with Crippen molar-refractivity contribution in [2.24, 2.45) is 0 Å². The van der Waals surface area contributed by atoms with E-state index in [2.05, 4.69) is 11.9 Å². The van der Waals surface area contributed by atoms with E-state index in [4.69, 9.17) is 11.6 Å². The second-order valence-electron chi connectivity index (χ2n) is 2.83. The number of thiophene rings is 1. The molecule has 0 unspecified atom stereocenters. The average Bonchev–Trinajstić information content (AvgIpc) is 2.61. The number of rotatable bonds is 4. The topological polar surface area (TPSA) is 29.1 Å². The minimum Gasteiger partial charge on any atom is -0.346 e. The van der Waals surface area contributed by atoms with Gasteiger partial charge in [0, 0.05) is 5.03 Å². The first-order chi connectivity index (χ1) is 6.65. The Hall–Kier alpha value is -0.800. The van der Waals surface area contributed by atoms with Crippen LogP contribution in [0.4, 0.5) is 0 Å². The Morgan fingerprint density at radius 2 is 2.43 bits per heavy atom. The fraction of sp³-hybridized carbons (Fsp3) is 0.300. The van der Waals surface area contributed by atoms with E-state index in [1.54, 1.807) is 0 Å². The van der Waals surface area contributed by atoms with Gasteiger partial charge in [-0.2, -0.15) is 0 Å². The van der Waals surface area contributed by atoms with Crippen molar-refractivity contribution in [1.82, 2.24) is 5.32 Å². The summed E-state index contributed by atoms with van der Waals surface area (Å²) in [6.07, 6.45) is 0.869. The Morgan fingerprint density at radius 3 is 3.00 bits per heavy atom. The summed E-state index contributed by atoms with van der Waals surface area (Å²) in [5.41, 5.74) is 1.08. The molecule has 1 amide bonds. The lowest BCUT2D eigenvalue weighted by molar-refractivity contribution is 0.0961. The smallest absolute Gasteiger partial charge is 0.261 e. The highest BCUT2D eigenvalue weighted by Crippen LogP contribution is 2.17. The first-order valence-electron chi connectivity index (χ1n) is 4.33. The lowest BCUT2D eigenvalue weighted by atomic mass is 10.2. The van der Waals surface area contributed by atoms with Crippen LogP contribution in [0, 0.1) is 0 Å². The zero-order valence-corrected chi connectivity index (χ0v) is 9.54. The average molecular weight is 230 g/mol. The minimum absolute atomic E-state index is 0.0707. The van der Waals surface area contributed by atoms with E-state index in [-0.39, 0.29) is 5.91 Å². The minimum atomic E-state index is -0.0707. The van der Waals surface area contributed by atoms with Crippen molar-refractivity contribution in [3.8, 4) is 0 Å². The molecule has 0 fully saturated rings. The van der Waals surface area contributed by atoms with Crippen LogP contribution in [-0.4, -0.2) is 12.5 Å². The van der Waals surface area contributed by atoms with Gasteiger partial charge in [-0.05, 0) is 23.4 Å². The van der Waals surface area contributed by atoms with Gasteiger partial charge in [-0.25, -0.2) is 0 Å². The predicted octanol–water partition coefficient (Wildman–Crippen LogP) is 2.79. The molecule has 2 nitrogen and oxygen atoms in total. The number of aryl methyl sites for hydroxylation is 1. The number of halogens is 1. The molecular weight excluding hydrogens is 218 g/mol. The Morgan fingerprint density at radius 1 is 1.71 bits per heavy atom. The summed E-state index contributed by atoms with van der Waals surface area (Å²) in [4.78, 5) is 12.4. The van der Waals surface area contributed by atoms with Crippen molar-refractivity contribution in [1.29, 1.82) is 0 Å². The quantitative estimate of drug-likeness (QED) is 0.845. The lowest BCUT2D eigenvalue weighted by Crippen LogP contribution is -2.24. The van der Waals surface area contributed by atoms with Crippen molar-refractivity contribution in [3.05, 3.63) is 33.5 Å². The molecule has 0 atom stereocenters. The molecule has 1 aromatic rings.